The van der Waals surface area contributed by atoms with E-state index < -0.39 is 10.0 Å². The predicted molar refractivity (Wildman–Crippen MR) is 108 cm³/mol. The molecule has 1 aliphatic rings. The van der Waals surface area contributed by atoms with E-state index in [1.807, 2.05) is 6.07 Å². The second-order valence-corrected chi connectivity index (χ2v) is 9.30. The van der Waals surface area contributed by atoms with Crippen LogP contribution in [0.3, 0.4) is 0 Å². The molecule has 1 fully saturated rings. The summed E-state index contributed by atoms with van der Waals surface area (Å²) >= 11 is 5.94. The van der Waals surface area contributed by atoms with Crippen molar-refractivity contribution in [3.05, 3.63) is 59.1 Å². The first-order chi connectivity index (χ1) is 12.9. The zero-order chi connectivity index (χ0) is 19.4. The Kier molecular flexibility index (Phi) is 6.19. The van der Waals surface area contributed by atoms with Crippen molar-refractivity contribution in [2.45, 2.75) is 24.7 Å². The number of anilines is 1. The first kappa shape index (κ1) is 19.9. The van der Waals surface area contributed by atoms with Gasteiger partial charge in [0.2, 0.25) is 10.0 Å². The molecule has 1 aliphatic heterocycles. The van der Waals surface area contributed by atoms with Crippen LogP contribution in [-0.4, -0.2) is 38.1 Å². The number of halogens is 1. The molecule has 1 atom stereocenters. The van der Waals surface area contributed by atoms with Gasteiger partial charge in [-0.15, -0.1) is 0 Å². The summed E-state index contributed by atoms with van der Waals surface area (Å²) in [6.07, 6.45) is 1.91. The van der Waals surface area contributed by atoms with Crippen molar-refractivity contribution in [2.24, 2.45) is 5.92 Å². The molecule has 0 bridgehead atoms. The van der Waals surface area contributed by atoms with Crippen molar-refractivity contribution in [3.63, 3.8) is 0 Å². The van der Waals surface area contributed by atoms with E-state index in [0.717, 1.165) is 18.5 Å². The normalized spacial score (nSPS) is 18.2. The monoisotopic (exact) mass is 406 g/mol. The lowest BCUT2D eigenvalue weighted by Gasteiger charge is -2.30. The topological polar surface area (TPSA) is 66.5 Å². The van der Waals surface area contributed by atoms with Gasteiger partial charge in [0.05, 0.1) is 11.4 Å². The minimum Gasteiger partial charge on any atom is -0.378 e. The van der Waals surface area contributed by atoms with Crippen LogP contribution in [0.25, 0.3) is 0 Å². The molecule has 0 aromatic heterocycles. The molecule has 1 unspecified atom stereocenters. The Morgan fingerprint density at radius 2 is 2.00 bits per heavy atom. The van der Waals surface area contributed by atoms with Crippen LogP contribution in [0.4, 0.5) is 5.69 Å². The molecule has 2 aromatic rings. The molecular formula is C20H23ClN2O3S. The SMILES string of the molecule is CC1CCCN(S(=O)(=O)c2cccc(C(=O)CNc3cccc(Cl)c3)c2)C1. The predicted octanol–water partition coefficient (Wildman–Crippen LogP) is 4.06. The Morgan fingerprint density at radius 1 is 1.22 bits per heavy atom. The molecule has 1 N–H and O–H groups in total. The summed E-state index contributed by atoms with van der Waals surface area (Å²) in [5.41, 5.74) is 1.11. The molecule has 144 valence electrons. The molecular weight excluding hydrogens is 384 g/mol. The molecule has 0 spiro atoms. The maximum absolute atomic E-state index is 12.9. The van der Waals surface area contributed by atoms with Crippen LogP contribution in [0.1, 0.15) is 30.1 Å². The Balaban J connectivity index is 1.73. The number of sulfonamides is 1. The van der Waals surface area contributed by atoms with Crippen LogP contribution < -0.4 is 5.32 Å². The zero-order valence-electron chi connectivity index (χ0n) is 15.2. The number of benzene rings is 2. The number of hydrogen-bond donors (Lipinski definition) is 1. The maximum Gasteiger partial charge on any atom is 0.243 e. The van der Waals surface area contributed by atoms with E-state index >= 15 is 0 Å². The van der Waals surface area contributed by atoms with Gasteiger partial charge in [-0.05, 0) is 49.1 Å². The zero-order valence-corrected chi connectivity index (χ0v) is 16.8. The van der Waals surface area contributed by atoms with E-state index in [1.165, 1.54) is 10.4 Å². The lowest BCUT2D eigenvalue weighted by atomic mass is 10.0. The van der Waals surface area contributed by atoms with Gasteiger partial charge in [0.15, 0.2) is 5.78 Å². The molecule has 2 aromatic carbocycles. The smallest absolute Gasteiger partial charge is 0.243 e. The number of carbonyl (C=O) groups is 1. The summed E-state index contributed by atoms with van der Waals surface area (Å²) in [5.74, 6) is 0.166. The van der Waals surface area contributed by atoms with Crippen molar-refractivity contribution < 1.29 is 13.2 Å². The largest absolute Gasteiger partial charge is 0.378 e. The van der Waals surface area contributed by atoms with Crippen LogP contribution in [0, 0.1) is 5.92 Å². The third-order valence-corrected chi connectivity index (χ3v) is 6.79. The minimum absolute atomic E-state index is 0.0601. The molecule has 27 heavy (non-hydrogen) atoms. The Labute approximate surface area is 165 Å². The standard InChI is InChI=1S/C20H23ClN2O3S/c1-15-5-4-10-23(14-15)27(25,26)19-9-2-6-16(11-19)20(24)13-22-18-8-3-7-17(21)12-18/h2-3,6-9,11-12,15,22H,4-5,10,13-14H2,1H3. The Hall–Kier alpha value is -1.89. The van der Waals surface area contributed by atoms with E-state index in [9.17, 15) is 13.2 Å². The number of rotatable bonds is 6. The van der Waals surface area contributed by atoms with E-state index in [4.69, 9.17) is 11.6 Å². The molecule has 7 heteroatoms. The van der Waals surface area contributed by atoms with Crippen molar-refractivity contribution >= 4 is 33.1 Å². The molecule has 3 rings (SSSR count). The fourth-order valence-electron chi connectivity index (χ4n) is 3.23. The number of ketones is 1. The number of hydrogen-bond acceptors (Lipinski definition) is 4. The lowest BCUT2D eigenvalue weighted by Crippen LogP contribution is -2.39. The number of piperidine rings is 1. The van der Waals surface area contributed by atoms with E-state index in [0.29, 0.717) is 29.6 Å². The van der Waals surface area contributed by atoms with E-state index in [2.05, 4.69) is 12.2 Å². The van der Waals surface area contributed by atoms with Crippen LogP contribution in [0.5, 0.6) is 0 Å². The lowest BCUT2D eigenvalue weighted by molar-refractivity contribution is 0.101. The van der Waals surface area contributed by atoms with Crippen LogP contribution in [0.2, 0.25) is 5.02 Å². The molecule has 1 saturated heterocycles. The van der Waals surface area contributed by atoms with Crippen LogP contribution in [-0.2, 0) is 10.0 Å². The first-order valence-electron chi connectivity index (χ1n) is 8.99. The summed E-state index contributed by atoms with van der Waals surface area (Å²) in [6, 6.07) is 13.4. The quantitative estimate of drug-likeness (QED) is 0.735. The van der Waals surface area contributed by atoms with Crippen molar-refractivity contribution in [3.8, 4) is 0 Å². The van der Waals surface area contributed by atoms with Crippen molar-refractivity contribution in [2.75, 3.05) is 25.0 Å². The Morgan fingerprint density at radius 3 is 2.74 bits per heavy atom. The molecule has 1 heterocycles. The summed E-state index contributed by atoms with van der Waals surface area (Å²) < 4.78 is 27.3. The number of Topliss-reactive ketones (excluding diaryl/α,β-unsaturated/α-hetero) is 1. The minimum atomic E-state index is -3.58. The van der Waals surface area contributed by atoms with Gasteiger partial charge < -0.3 is 5.32 Å². The maximum atomic E-state index is 12.9. The first-order valence-corrected chi connectivity index (χ1v) is 10.8. The van der Waals surface area contributed by atoms with Crippen LogP contribution in [0.15, 0.2) is 53.4 Å². The third-order valence-electron chi connectivity index (χ3n) is 4.69. The summed E-state index contributed by atoms with van der Waals surface area (Å²) in [7, 11) is -3.58. The van der Waals surface area contributed by atoms with E-state index in [1.54, 1.807) is 36.4 Å². The fourth-order valence-corrected chi connectivity index (χ4v) is 5.06. The highest BCUT2D eigenvalue weighted by Crippen LogP contribution is 2.24. The molecule has 5 nitrogen and oxygen atoms in total. The Bertz CT molecular complexity index is 930. The second-order valence-electron chi connectivity index (χ2n) is 6.93. The highest BCUT2D eigenvalue weighted by molar-refractivity contribution is 7.89. The molecule has 0 amide bonds. The van der Waals surface area contributed by atoms with E-state index in [-0.39, 0.29) is 17.2 Å². The highest BCUT2D eigenvalue weighted by atomic mass is 35.5. The second kappa shape index (κ2) is 8.42. The fraction of sp³-hybridized carbons (Fsp3) is 0.350. The molecule has 0 radical (unpaired) electrons. The van der Waals surface area contributed by atoms with Crippen LogP contribution >= 0.6 is 11.6 Å². The van der Waals surface area contributed by atoms with Gasteiger partial charge in [0, 0.05) is 29.4 Å². The van der Waals surface area contributed by atoms with Gasteiger partial charge >= 0.3 is 0 Å². The van der Waals surface area contributed by atoms with Gasteiger partial charge in [-0.3, -0.25) is 4.79 Å². The number of nitrogens with one attached hydrogen (secondary N) is 1. The number of nitrogens with zero attached hydrogens (tertiary/aromatic N) is 1. The highest BCUT2D eigenvalue weighted by Gasteiger charge is 2.29. The molecule has 0 aliphatic carbocycles. The van der Waals surface area contributed by atoms with Gasteiger partial charge in [0.1, 0.15) is 0 Å². The average Bonchev–Trinajstić information content (AvgIpc) is 2.66. The number of carbonyl (C=O) groups excluding carboxylic acids is 1. The van der Waals surface area contributed by atoms with Gasteiger partial charge in [-0.25, -0.2) is 8.42 Å². The van der Waals surface area contributed by atoms with Crippen molar-refractivity contribution in [1.29, 1.82) is 0 Å². The third kappa shape index (κ3) is 4.89. The average molecular weight is 407 g/mol. The summed E-state index contributed by atoms with van der Waals surface area (Å²) in [6.45, 7) is 3.17. The van der Waals surface area contributed by atoms with Crippen molar-refractivity contribution in [1.82, 2.24) is 4.31 Å². The summed E-state index contributed by atoms with van der Waals surface area (Å²) in [4.78, 5) is 12.7. The summed E-state index contributed by atoms with van der Waals surface area (Å²) in [5, 5.41) is 3.60. The molecule has 0 saturated carbocycles. The van der Waals surface area contributed by atoms with Gasteiger partial charge in [-0.1, -0.05) is 36.7 Å². The van der Waals surface area contributed by atoms with Gasteiger partial charge in [-0.2, -0.15) is 4.31 Å². The van der Waals surface area contributed by atoms with Gasteiger partial charge in [0.25, 0.3) is 0 Å².